The van der Waals surface area contributed by atoms with Crippen LogP contribution < -0.4 is 5.32 Å². The van der Waals surface area contributed by atoms with Crippen molar-refractivity contribution in [3.05, 3.63) is 0 Å². The molecule has 0 fully saturated rings. The molecule has 0 amide bonds. The predicted molar refractivity (Wildman–Crippen MR) is 53.2 cm³/mol. The normalized spacial score (nSPS) is 17.5. The van der Waals surface area contributed by atoms with Gasteiger partial charge in [0, 0.05) is 12.6 Å². The predicted octanol–water partition coefficient (Wildman–Crippen LogP) is 1.78. The van der Waals surface area contributed by atoms with Crippen LogP contribution in [0.5, 0.6) is 0 Å². The minimum Gasteiger partial charge on any atom is -0.389 e. The summed E-state index contributed by atoms with van der Waals surface area (Å²) in [7, 11) is 0. The first kappa shape index (κ1) is 11.9. The summed E-state index contributed by atoms with van der Waals surface area (Å²) in [6.45, 7) is 10.9. The zero-order valence-corrected chi connectivity index (χ0v) is 9.02. The van der Waals surface area contributed by atoms with Crippen LogP contribution in [0.3, 0.4) is 0 Å². The topological polar surface area (TPSA) is 32.3 Å². The van der Waals surface area contributed by atoms with E-state index in [-0.39, 0.29) is 0 Å². The molecule has 0 spiro atoms. The number of hydrogen-bond donors (Lipinski definition) is 2. The molecule has 2 heteroatoms. The van der Waals surface area contributed by atoms with Crippen LogP contribution in [0.4, 0.5) is 0 Å². The van der Waals surface area contributed by atoms with E-state index in [2.05, 4.69) is 26.1 Å². The van der Waals surface area contributed by atoms with Crippen molar-refractivity contribution in [2.45, 2.75) is 52.7 Å². The molecule has 0 bridgehead atoms. The number of nitrogens with one attached hydrogen (secondary N) is 1. The van der Waals surface area contributed by atoms with Gasteiger partial charge in [0.15, 0.2) is 0 Å². The molecule has 12 heavy (non-hydrogen) atoms. The zero-order chi connectivity index (χ0) is 9.78. The van der Waals surface area contributed by atoms with Crippen LogP contribution in [-0.4, -0.2) is 23.3 Å². The molecule has 0 saturated carbocycles. The van der Waals surface area contributed by atoms with Crippen LogP contribution in [0.15, 0.2) is 0 Å². The van der Waals surface area contributed by atoms with Gasteiger partial charge in [0.05, 0.1) is 5.60 Å². The Morgan fingerprint density at radius 2 is 1.83 bits per heavy atom. The van der Waals surface area contributed by atoms with E-state index in [0.717, 1.165) is 0 Å². The van der Waals surface area contributed by atoms with Gasteiger partial charge in [0.1, 0.15) is 0 Å². The molecule has 2 nitrogen and oxygen atoms in total. The van der Waals surface area contributed by atoms with Gasteiger partial charge < -0.3 is 10.4 Å². The quantitative estimate of drug-likeness (QED) is 0.664. The summed E-state index contributed by atoms with van der Waals surface area (Å²) in [6, 6.07) is 0.487. The van der Waals surface area contributed by atoms with Crippen LogP contribution in [0.25, 0.3) is 0 Å². The second-order valence-electron chi connectivity index (χ2n) is 4.37. The SMILES string of the molecule is CC[C@@H](C)[C@H](C)NCC(C)(C)O. The molecule has 0 aliphatic rings. The maximum Gasteiger partial charge on any atom is 0.0715 e. The van der Waals surface area contributed by atoms with E-state index in [1.807, 2.05) is 13.8 Å². The van der Waals surface area contributed by atoms with Crippen molar-refractivity contribution in [1.82, 2.24) is 5.32 Å². The lowest BCUT2D eigenvalue weighted by atomic mass is 10.00. The van der Waals surface area contributed by atoms with Crippen LogP contribution in [0.2, 0.25) is 0 Å². The molecule has 0 aromatic heterocycles. The Labute approximate surface area is 76.4 Å². The Morgan fingerprint density at radius 1 is 1.33 bits per heavy atom. The smallest absolute Gasteiger partial charge is 0.0715 e. The Kier molecular flexibility index (Phi) is 4.80. The minimum absolute atomic E-state index is 0.487. The van der Waals surface area contributed by atoms with E-state index in [9.17, 15) is 5.11 Å². The van der Waals surface area contributed by atoms with E-state index >= 15 is 0 Å². The molecule has 0 saturated heterocycles. The molecule has 0 aliphatic carbocycles. The molecule has 0 radical (unpaired) electrons. The largest absolute Gasteiger partial charge is 0.389 e. The van der Waals surface area contributed by atoms with Gasteiger partial charge in [-0.15, -0.1) is 0 Å². The first-order valence-electron chi connectivity index (χ1n) is 4.82. The van der Waals surface area contributed by atoms with Gasteiger partial charge in [0.25, 0.3) is 0 Å². The van der Waals surface area contributed by atoms with Crippen molar-refractivity contribution < 1.29 is 5.11 Å². The summed E-state index contributed by atoms with van der Waals surface area (Å²) in [5.41, 5.74) is -0.596. The molecule has 0 aliphatic heterocycles. The van der Waals surface area contributed by atoms with Gasteiger partial charge in [0.2, 0.25) is 0 Å². The van der Waals surface area contributed by atoms with Gasteiger partial charge >= 0.3 is 0 Å². The van der Waals surface area contributed by atoms with Crippen molar-refractivity contribution in [3.8, 4) is 0 Å². The lowest BCUT2D eigenvalue weighted by Gasteiger charge is -2.25. The molecule has 0 heterocycles. The highest BCUT2D eigenvalue weighted by molar-refractivity contribution is 4.74. The van der Waals surface area contributed by atoms with Gasteiger partial charge in [-0.05, 0) is 26.7 Å². The van der Waals surface area contributed by atoms with Crippen molar-refractivity contribution in [2.75, 3.05) is 6.54 Å². The second kappa shape index (κ2) is 4.83. The van der Waals surface area contributed by atoms with Gasteiger partial charge in [-0.25, -0.2) is 0 Å². The molecule has 0 aromatic carbocycles. The molecule has 2 N–H and O–H groups in total. The third-order valence-electron chi connectivity index (χ3n) is 2.35. The maximum atomic E-state index is 9.46. The number of hydrogen-bond acceptors (Lipinski definition) is 2. The summed E-state index contributed by atoms with van der Waals surface area (Å²) >= 11 is 0. The number of rotatable bonds is 5. The summed E-state index contributed by atoms with van der Waals surface area (Å²) in [4.78, 5) is 0. The Hall–Kier alpha value is -0.0800. The first-order valence-corrected chi connectivity index (χ1v) is 4.82. The molecule has 74 valence electrons. The van der Waals surface area contributed by atoms with E-state index in [0.29, 0.717) is 18.5 Å². The third kappa shape index (κ3) is 5.56. The van der Waals surface area contributed by atoms with Crippen molar-refractivity contribution >= 4 is 0 Å². The maximum absolute atomic E-state index is 9.46. The van der Waals surface area contributed by atoms with Crippen LogP contribution in [-0.2, 0) is 0 Å². The van der Waals surface area contributed by atoms with Crippen molar-refractivity contribution in [2.24, 2.45) is 5.92 Å². The lowest BCUT2D eigenvalue weighted by molar-refractivity contribution is 0.0747. The van der Waals surface area contributed by atoms with E-state index in [4.69, 9.17) is 0 Å². The standard InChI is InChI=1S/C10H23NO/c1-6-8(2)9(3)11-7-10(4,5)12/h8-9,11-12H,6-7H2,1-5H3/t8-,9+/m1/s1. The van der Waals surface area contributed by atoms with E-state index < -0.39 is 5.60 Å². The summed E-state index contributed by atoms with van der Waals surface area (Å²) in [5.74, 6) is 0.673. The van der Waals surface area contributed by atoms with Gasteiger partial charge in [-0.1, -0.05) is 20.3 Å². The molecule has 0 aromatic rings. The van der Waals surface area contributed by atoms with E-state index in [1.165, 1.54) is 6.42 Å². The van der Waals surface area contributed by atoms with Gasteiger partial charge in [-0.3, -0.25) is 0 Å². The van der Waals surface area contributed by atoms with Gasteiger partial charge in [-0.2, -0.15) is 0 Å². The molecular formula is C10H23NO. The summed E-state index contributed by atoms with van der Waals surface area (Å²) < 4.78 is 0. The van der Waals surface area contributed by atoms with E-state index in [1.54, 1.807) is 0 Å². The fraction of sp³-hybridized carbons (Fsp3) is 1.00. The Morgan fingerprint density at radius 3 is 2.17 bits per heavy atom. The highest BCUT2D eigenvalue weighted by Crippen LogP contribution is 2.07. The molecule has 0 rings (SSSR count). The van der Waals surface area contributed by atoms with Crippen LogP contribution in [0.1, 0.15) is 41.0 Å². The Bertz CT molecular complexity index is 117. The lowest BCUT2D eigenvalue weighted by Crippen LogP contribution is -2.41. The average Bonchev–Trinajstić information content (AvgIpc) is 1.97. The molecule has 2 atom stereocenters. The summed E-state index contributed by atoms with van der Waals surface area (Å²) in [5, 5.41) is 12.8. The average molecular weight is 173 g/mol. The minimum atomic E-state index is -0.596. The second-order valence-corrected chi connectivity index (χ2v) is 4.37. The Balaban J connectivity index is 3.64. The molecule has 0 unspecified atom stereocenters. The highest BCUT2D eigenvalue weighted by atomic mass is 16.3. The van der Waals surface area contributed by atoms with Crippen molar-refractivity contribution in [1.29, 1.82) is 0 Å². The van der Waals surface area contributed by atoms with Crippen LogP contribution >= 0.6 is 0 Å². The molecular weight excluding hydrogens is 150 g/mol. The number of aliphatic hydroxyl groups is 1. The van der Waals surface area contributed by atoms with Crippen LogP contribution in [0, 0.1) is 5.92 Å². The highest BCUT2D eigenvalue weighted by Gasteiger charge is 2.15. The summed E-state index contributed by atoms with van der Waals surface area (Å²) in [6.07, 6.45) is 1.18. The fourth-order valence-corrected chi connectivity index (χ4v) is 0.965. The third-order valence-corrected chi connectivity index (χ3v) is 2.35. The first-order chi connectivity index (χ1) is 5.37. The van der Waals surface area contributed by atoms with Crippen molar-refractivity contribution in [3.63, 3.8) is 0 Å². The monoisotopic (exact) mass is 173 g/mol. The zero-order valence-electron chi connectivity index (χ0n) is 9.02. The fourth-order valence-electron chi connectivity index (χ4n) is 0.965.